The van der Waals surface area contributed by atoms with Crippen molar-refractivity contribution in [3.8, 4) is 5.75 Å². The fraction of sp³-hybridized carbons (Fsp3) is 0. The fourth-order valence-electron chi connectivity index (χ4n) is 2.15. The fourth-order valence-corrected chi connectivity index (χ4v) is 2.35. The van der Waals surface area contributed by atoms with Gasteiger partial charge in [-0.25, -0.2) is 0 Å². The van der Waals surface area contributed by atoms with Gasteiger partial charge in [0.25, 0.3) is 0 Å². The van der Waals surface area contributed by atoms with E-state index in [9.17, 15) is 5.11 Å². The van der Waals surface area contributed by atoms with Crippen molar-refractivity contribution in [3.63, 3.8) is 0 Å². The maximum absolute atomic E-state index is 9.45. The van der Waals surface area contributed by atoms with Gasteiger partial charge in [-0.15, -0.1) is 0 Å². The number of rotatable bonds is 2. The van der Waals surface area contributed by atoms with Gasteiger partial charge >= 0.3 is 0 Å². The lowest BCUT2D eigenvalue weighted by molar-refractivity contribution is 0.476. The van der Waals surface area contributed by atoms with Gasteiger partial charge in [0, 0.05) is 5.02 Å². The highest BCUT2D eigenvalue weighted by molar-refractivity contribution is 6.32. The second kappa shape index (κ2) is 5.40. The molecule has 0 radical (unpaired) electrons. The minimum Gasteiger partial charge on any atom is -0.508 e. The summed E-state index contributed by atoms with van der Waals surface area (Å²) in [5.74, 6) is 0.289. The number of aromatic hydroxyl groups is 1. The van der Waals surface area contributed by atoms with Crippen LogP contribution in [0.1, 0.15) is 11.1 Å². The largest absolute Gasteiger partial charge is 0.508 e. The van der Waals surface area contributed by atoms with Gasteiger partial charge in [-0.05, 0) is 46.2 Å². The highest BCUT2D eigenvalue weighted by atomic mass is 35.5. The van der Waals surface area contributed by atoms with Crippen molar-refractivity contribution in [1.82, 2.24) is 0 Å². The van der Waals surface area contributed by atoms with Gasteiger partial charge in [-0.1, -0.05) is 60.2 Å². The molecule has 3 aromatic carbocycles. The van der Waals surface area contributed by atoms with Crippen molar-refractivity contribution in [3.05, 3.63) is 76.8 Å². The zero-order valence-electron chi connectivity index (χ0n) is 10.8. The third-order valence-corrected chi connectivity index (χ3v) is 3.55. The predicted molar refractivity (Wildman–Crippen MR) is 86.0 cm³/mol. The zero-order valence-corrected chi connectivity index (χ0v) is 11.5. The minimum absolute atomic E-state index is 0.289. The van der Waals surface area contributed by atoms with Crippen LogP contribution in [0.25, 0.3) is 22.9 Å². The summed E-state index contributed by atoms with van der Waals surface area (Å²) in [5, 5.41) is 12.3. The Bertz CT molecular complexity index is 790. The summed E-state index contributed by atoms with van der Waals surface area (Å²) >= 11 is 6.12. The van der Waals surface area contributed by atoms with Gasteiger partial charge in [0.1, 0.15) is 5.75 Å². The molecule has 0 heterocycles. The Balaban J connectivity index is 1.95. The van der Waals surface area contributed by atoms with E-state index in [0.29, 0.717) is 0 Å². The molecule has 0 spiro atoms. The molecule has 0 aromatic heterocycles. The van der Waals surface area contributed by atoms with E-state index in [0.717, 1.165) is 26.9 Å². The first-order valence-electron chi connectivity index (χ1n) is 6.38. The monoisotopic (exact) mass is 280 g/mol. The van der Waals surface area contributed by atoms with Crippen molar-refractivity contribution < 1.29 is 5.11 Å². The SMILES string of the molecule is Oc1ccc2cc(/C=C\c3ccccc3Cl)ccc2c1. The number of fused-ring (bicyclic) bond motifs is 1. The van der Waals surface area contributed by atoms with Crippen LogP contribution in [-0.4, -0.2) is 5.11 Å². The van der Waals surface area contributed by atoms with Gasteiger partial charge in [0.05, 0.1) is 0 Å². The van der Waals surface area contributed by atoms with Crippen LogP contribution in [0.4, 0.5) is 0 Å². The molecule has 0 aliphatic heterocycles. The third kappa shape index (κ3) is 2.68. The van der Waals surface area contributed by atoms with Gasteiger partial charge in [-0.3, -0.25) is 0 Å². The molecule has 0 fully saturated rings. The Kier molecular flexibility index (Phi) is 3.44. The molecule has 0 unspecified atom stereocenters. The second-order valence-corrected chi connectivity index (χ2v) is 5.05. The first kappa shape index (κ1) is 12.8. The molecule has 0 saturated carbocycles. The Morgan fingerprint density at radius 3 is 2.40 bits per heavy atom. The maximum Gasteiger partial charge on any atom is 0.116 e. The highest BCUT2D eigenvalue weighted by Gasteiger charge is 1.97. The van der Waals surface area contributed by atoms with Gasteiger partial charge in [0.2, 0.25) is 0 Å². The Labute approximate surface area is 122 Å². The van der Waals surface area contributed by atoms with Crippen LogP contribution in [0.2, 0.25) is 5.02 Å². The lowest BCUT2D eigenvalue weighted by Gasteiger charge is -2.01. The average Bonchev–Trinajstić information content (AvgIpc) is 2.46. The van der Waals surface area contributed by atoms with Gasteiger partial charge < -0.3 is 5.11 Å². The zero-order chi connectivity index (χ0) is 13.9. The van der Waals surface area contributed by atoms with E-state index in [1.807, 2.05) is 54.6 Å². The summed E-state index contributed by atoms with van der Waals surface area (Å²) in [7, 11) is 0. The molecule has 3 rings (SSSR count). The molecule has 1 N–H and O–H groups in total. The Morgan fingerprint density at radius 2 is 1.55 bits per heavy atom. The minimum atomic E-state index is 0.289. The summed E-state index contributed by atoms with van der Waals surface area (Å²) in [6, 6.07) is 19.2. The molecule has 20 heavy (non-hydrogen) atoms. The van der Waals surface area contributed by atoms with E-state index in [1.54, 1.807) is 12.1 Å². The summed E-state index contributed by atoms with van der Waals surface area (Å²) < 4.78 is 0. The van der Waals surface area contributed by atoms with E-state index >= 15 is 0 Å². The second-order valence-electron chi connectivity index (χ2n) is 4.65. The number of phenols is 1. The van der Waals surface area contributed by atoms with Crippen LogP contribution in [0.5, 0.6) is 5.75 Å². The van der Waals surface area contributed by atoms with Crippen LogP contribution in [0.3, 0.4) is 0 Å². The first-order chi connectivity index (χ1) is 9.72. The molecule has 0 saturated heterocycles. The smallest absolute Gasteiger partial charge is 0.116 e. The number of benzene rings is 3. The Hall–Kier alpha value is -2.25. The molecule has 98 valence electrons. The molecule has 0 atom stereocenters. The molecule has 0 aliphatic carbocycles. The molecule has 1 nitrogen and oxygen atoms in total. The van der Waals surface area contributed by atoms with Crippen molar-refractivity contribution in [2.24, 2.45) is 0 Å². The lowest BCUT2D eigenvalue weighted by Crippen LogP contribution is -1.77. The topological polar surface area (TPSA) is 20.2 Å². The molecule has 0 amide bonds. The summed E-state index contributed by atoms with van der Waals surface area (Å²) in [4.78, 5) is 0. The first-order valence-corrected chi connectivity index (χ1v) is 6.75. The molecule has 3 aromatic rings. The van der Waals surface area contributed by atoms with Gasteiger partial charge in [0.15, 0.2) is 0 Å². The van der Waals surface area contributed by atoms with Crippen LogP contribution >= 0.6 is 11.6 Å². The van der Waals surface area contributed by atoms with E-state index in [2.05, 4.69) is 6.07 Å². The molecule has 0 bridgehead atoms. The lowest BCUT2D eigenvalue weighted by atomic mass is 10.1. The summed E-state index contributed by atoms with van der Waals surface area (Å²) in [6.45, 7) is 0. The van der Waals surface area contributed by atoms with Crippen LogP contribution < -0.4 is 0 Å². The number of hydrogen-bond acceptors (Lipinski definition) is 1. The third-order valence-electron chi connectivity index (χ3n) is 3.21. The average molecular weight is 281 g/mol. The number of phenolic OH excluding ortho intramolecular Hbond substituents is 1. The van der Waals surface area contributed by atoms with Crippen molar-refractivity contribution in [2.75, 3.05) is 0 Å². The van der Waals surface area contributed by atoms with Crippen LogP contribution in [0, 0.1) is 0 Å². The molecular formula is C18H13ClO. The quantitative estimate of drug-likeness (QED) is 0.626. The number of halogens is 1. The predicted octanol–water partition coefficient (Wildman–Crippen LogP) is 5.37. The van der Waals surface area contributed by atoms with E-state index in [4.69, 9.17) is 11.6 Å². The Morgan fingerprint density at radius 1 is 0.800 bits per heavy atom. The van der Waals surface area contributed by atoms with E-state index < -0.39 is 0 Å². The molecule has 0 aliphatic rings. The van der Waals surface area contributed by atoms with Crippen molar-refractivity contribution in [2.45, 2.75) is 0 Å². The molecule has 2 heteroatoms. The maximum atomic E-state index is 9.45. The van der Waals surface area contributed by atoms with E-state index in [-0.39, 0.29) is 5.75 Å². The number of hydrogen-bond donors (Lipinski definition) is 1. The summed E-state index contributed by atoms with van der Waals surface area (Å²) in [5.41, 5.74) is 2.10. The highest BCUT2D eigenvalue weighted by Crippen LogP contribution is 2.23. The molecular weight excluding hydrogens is 268 g/mol. The normalized spacial score (nSPS) is 11.2. The van der Waals surface area contributed by atoms with Crippen molar-refractivity contribution >= 4 is 34.5 Å². The standard InChI is InChI=1S/C18H13ClO/c19-18-4-2-1-3-14(18)7-5-13-6-8-16-12-17(20)10-9-15(16)11-13/h1-12,20H/b7-5-. The van der Waals surface area contributed by atoms with Crippen molar-refractivity contribution in [1.29, 1.82) is 0 Å². The van der Waals surface area contributed by atoms with Crippen LogP contribution in [0.15, 0.2) is 60.7 Å². The van der Waals surface area contributed by atoms with Gasteiger partial charge in [-0.2, -0.15) is 0 Å². The van der Waals surface area contributed by atoms with Crippen LogP contribution in [-0.2, 0) is 0 Å². The van der Waals surface area contributed by atoms with E-state index in [1.165, 1.54) is 0 Å². The summed E-state index contributed by atoms with van der Waals surface area (Å²) in [6.07, 6.45) is 4.04.